The van der Waals surface area contributed by atoms with Crippen molar-refractivity contribution in [3.63, 3.8) is 0 Å². The van der Waals surface area contributed by atoms with E-state index in [4.69, 9.17) is 0 Å². The minimum Gasteiger partial charge on any atom is -0.384 e. The van der Waals surface area contributed by atoms with Gasteiger partial charge in [-0.25, -0.2) is 0 Å². The zero-order chi connectivity index (χ0) is 11.4. The van der Waals surface area contributed by atoms with Crippen LogP contribution < -0.4 is 0 Å². The van der Waals surface area contributed by atoms with Gasteiger partial charge in [-0.05, 0) is 36.7 Å². The van der Waals surface area contributed by atoms with Crippen LogP contribution in [0.5, 0.6) is 0 Å². The van der Waals surface area contributed by atoms with Crippen molar-refractivity contribution in [3.8, 4) is 0 Å². The summed E-state index contributed by atoms with van der Waals surface area (Å²) in [5.41, 5.74) is 4.21. The predicted octanol–water partition coefficient (Wildman–Crippen LogP) is 3.48. The second-order valence-corrected chi connectivity index (χ2v) is 4.38. The van der Waals surface area contributed by atoms with Crippen LogP contribution in [0.1, 0.15) is 29.5 Å². The molecule has 0 saturated carbocycles. The third kappa shape index (κ3) is 3.12. The molecule has 1 rings (SSSR count). The summed E-state index contributed by atoms with van der Waals surface area (Å²) in [6.07, 6.45) is 4.36. The Balaban J connectivity index is 2.91. The van der Waals surface area contributed by atoms with Gasteiger partial charge in [-0.1, -0.05) is 31.2 Å². The van der Waals surface area contributed by atoms with Crippen LogP contribution in [-0.4, -0.2) is 19.0 Å². The van der Waals surface area contributed by atoms with E-state index in [2.05, 4.69) is 56.1 Å². The topological polar surface area (TPSA) is 3.24 Å². The van der Waals surface area contributed by atoms with Crippen LogP contribution in [0, 0.1) is 13.8 Å². The fourth-order valence-electron chi connectivity index (χ4n) is 1.67. The second-order valence-electron chi connectivity index (χ2n) is 4.38. The summed E-state index contributed by atoms with van der Waals surface area (Å²) in [4.78, 5) is 2.07. The van der Waals surface area contributed by atoms with E-state index >= 15 is 0 Å². The van der Waals surface area contributed by atoms with E-state index in [0.717, 1.165) is 0 Å². The van der Waals surface area contributed by atoms with Crippen molar-refractivity contribution in [1.29, 1.82) is 0 Å². The lowest BCUT2D eigenvalue weighted by atomic mass is 9.93. The highest BCUT2D eigenvalue weighted by Crippen LogP contribution is 2.22. The number of nitrogens with zero attached hydrogens (tertiary/aromatic N) is 1. The molecule has 1 atom stereocenters. The predicted molar refractivity (Wildman–Crippen MR) is 67.2 cm³/mol. The van der Waals surface area contributed by atoms with Crippen molar-refractivity contribution in [2.24, 2.45) is 0 Å². The average Bonchev–Trinajstić information content (AvgIpc) is 2.18. The first-order valence-corrected chi connectivity index (χ1v) is 5.43. The van der Waals surface area contributed by atoms with Crippen LogP contribution in [0.2, 0.25) is 0 Å². The lowest BCUT2D eigenvalue weighted by Gasteiger charge is -2.13. The quantitative estimate of drug-likeness (QED) is 0.727. The third-order valence-corrected chi connectivity index (χ3v) is 2.81. The summed E-state index contributed by atoms with van der Waals surface area (Å²) < 4.78 is 0. The first kappa shape index (κ1) is 11.8. The Kier molecular flexibility index (Phi) is 3.96. The highest BCUT2D eigenvalue weighted by molar-refractivity contribution is 5.37. The molecule has 0 heterocycles. The van der Waals surface area contributed by atoms with E-state index in [9.17, 15) is 0 Å². The smallest absolute Gasteiger partial charge is 0.00555 e. The fourth-order valence-corrected chi connectivity index (χ4v) is 1.67. The van der Waals surface area contributed by atoms with Crippen LogP contribution in [0.4, 0.5) is 0 Å². The molecule has 0 aliphatic carbocycles. The van der Waals surface area contributed by atoms with Gasteiger partial charge in [-0.3, -0.25) is 0 Å². The number of allylic oxidation sites excluding steroid dienone is 1. The SMILES string of the molecule is Cc1cccc(C(C)/C=C\N(C)C)c1C. The van der Waals surface area contributed by atoms with Gasteiger partial charge >= 0.3 is 0 Å². The van der Waals surface area contributed by atoms with Gasteiger partial charge < -0.3 is 4.90 Å². The van der Waals surface area contributed by atoms with Crippen molar-refractivity contribution in [1.82, 2.24) is 4.90 Å². The standard InChI is InChI=1S/C14H21N/c1-11-7-6-8-14(13(11)3)12(2)9-10-15(4)5/h6-10,12H,1-5H3/b10-9-. The molecule has 1 unspecified atom stereocenters. The van der Waals surface area contributed by atoms with E-state index in [1.165, 1.54) is 16.7 Å². The maximum atomic E-state index is 2.24. The Morgan fingerprint density at radius 2 is 1.87 bits per heavy atom. The molecule has 0 N–H and O–H groups in total. The number of hydrogen-bond acceptors (Lipinski definition) is 1. The van der Waals surface area contributed by atoms with Crippen molar-refractivity contribution in [2.45, 2.75) is 26.7 Å². The van der Waals surface area contributed by atoms with Gasteiger partial charge in [-0.15, -0.1) is 0 Å². The molecule has 1 aromatic rings. The summed E-state index contributed by atoms with van der Waals surface area (Å²) in [5, 5.41) is 0. The molecular weight excluding hydrogens is 182 g/mol. The Hall–Kier alpha value is -1.24. The van der Waals surface area contributed by atoms with E-state index < -0.39 is 0 Å². The molecular formula is C14H21N. The third-order valence-electron chi connectivity index (χ3n) is 2.81. The number of rotatable bonds is 3. The van der Waals surface area contributed by atoms with E-state index in [1.54, 1.807) is 0 Å². The molecule has 0 radical (unpaired) electrons. The van der Waals surface area contributed by atoms with Crippen LogP contribution in [0.15, 0.2) is 30.5 Å². The van der Waals surface area contributed by atoms with Gasteiger partial charge in [0.25, 0.3) is 0 Å². The normalized spacial score (nSPS) is 13.1. The molecule has 1 nitrogen and oxygen atoms in total. The zero-order valence-corrected chi connectivity index (χ0v) is 10.4. The Morgan fingerprint density at radius 1 is 1.20 bits per heavy atom. The molecule has 15 heavy (non-hydrogen) atoms. The minimum absolute atomic E-state index is 0.479. The number of aryl methyl sites for hydroxylation is 1. The van der Waals surface area contributed by atoms with E-state index in [0.29, 0.717) is 5.92 Å². The Morgan fingerprint density at radius 3 is 2.47 bits per heavy atom. The zero-order valence-electron chi connectivity index (χ0n) is 10.4. The van der Waals surface area contributed by atoms with Gasteiger partial charge in [0.2, 0.25) is 0 Å². The summed E-state index contributed by atoms with van der Waals surface area (Å²) in [6, 6.07) is 6.52. The molecule has 0 amide bonds. The Bertz CT molecular complexity index is 350. The Labute approximate surface area is 93.4 Å². The first-order chi connectivity index (χ1) is 7.02. The fraction of sp³-hybridized carbons (Fsp3) is 0.429. The maximum absolute atomic E-state index is 2.24. The summed E-state index contributed by atoms with van der Waals surface area (Å²) in [5.74, 6) is 0.479. The highest BCUT2D eigenvalue weighted by Gasteiger charge is 2.06. The molecule has 0 fully saturated rings. The minimum atomic E-state index is 0.479. The first-order valence-electron chi connectivity index (χ1n) is 5.43. The molecule has 0 saturated heterocycles. The second kappa shape index (κ2) is 5.01. The van der Waals surface area contributed by atoms with Crippen LogP contribution in [-0.2, 0) is 0 Å². The van der Waals surface area contributed by atoms with E-state index in [1.807, 2.05) is 14.1 Å². The molecule has 82 valence electrons. The molecule has 1 aromatic carbocycles. The number of hydrogen-bond donors (Lipinski definition) is 0. The molecule has 0 aliphatic rings. The van der Waals surface area contributed by atoms with Crippen LogP contribution in [0.3, 0.4) is 0 Å². The lowest BCUT2D eigenvalue weighted by Crippen LogP contribution is -2.02. The summed E-state index contributed by atoms with van der Waals surface area (Å²) >= 11 is 0. The van der Waals surface area contributed by atoms with Gasteiger partial charge in [-0.2, -0.15) is 0 Å². The van der Waals surface area contributed by atoms with Crippen molar-refractivity contribution >= 4 is 0 Å². The van der Waals surface area contributed by atoms with Crippen molar-refractivity contribution < 1.29 is 0 Å². The molecule has 1 heteroatoms. The molecule has 0 aliphatic heterocycles. The molecule has 0 aromatic heterocycles. The van der Waals surface area contributed by atoms with Gasteiger partial charge in [0.1, 0.15) is 0 Å². The van der Waals surface area contributed by atoms with Crippen LogP contribution >= 0.6 is 0 Å². The highest BCUT2D eigenvalue weighted by atomic mass is 15.0. The summed E-state index contributed by atoms with van der Waals surface area (Å²) in [7, 11) is 4.10. The number of benzene rings is 1. The van der Waals surface area contributed by atoms with Gasteiger partial charge in [0.15, 0.2) is 0 Å². The molecule has 0 bridgehead atoms. The van der Waals surface area contributed by atoms with Crippen molar-refractivity contribution in [2.75, 3.05) is 14.1 Å². The van der Waals surface area contributed by atoms with Gasteiger partial charge in [0.05, 0.1) is 0 Å². The van der Waals surface area contributed by atoms with Crippen molar-refractivity contribution in [3.05, 3.63) is 47.2 Å². The van der Waals surface area contributed by atoms with Gasteiger partial charge in [0, 0.05) is 20.0 Å². The summed E-state index contributed by atoms with van der Waals surface area (Å²) in [6.45, 7) is 6.60. The van der Waals surface area contributed by atoms with E-state index in [-0.39, 0.29) is 0 Å². The monoisotopic (exact) mass is 203 g/mol. The average molecular weight is 203 g/mol. The molecule has 0 spiro atoms. The lowest BCUT2D eigenvalue weighted by molar-refractivity contribution is 0.559. The van der Waals surface area contributed by atoms with Crippen LogP contribution in [0.25, 0.3) is 0 Å². The largest absolute Gasteiger partial charge is 0.384 e. The maximum Gasteiger partial charge on any atom is 0.00555 e.